The molecule has 3 rings (SSSR count). The summed E-state index contributed by atoms with van der Waals surface area (Å²) in [5.41, 5.74) is 2.36. The highest BCUT2D eigenvalue weighted by Gasteiger charge is 2.36. The summed E-state index contributed by atoms with van der Waals surface area (Å²) in [4.78, 5) is 18.8. The Balaban J connectivity index is 1.50. The van der Waals surface area contributed by atoms with Gasteiger partial charge in [-0.2, -0.15) is 0 Å². The summed E-state index contributed by atoms with van der Waals surface area (Å²) in [5.74, 6) is 0.247. The molecular weight excluding hydrogens is 296 g/mol. The second-order valence-corrected chi connectivity index (χ2v) is 7.45. The number of thiazole rings is 1. The van der Waals surface area contributed by atoms with E-state index in [9.17, 15) is 4.79 Å². The van der Waals surface area contributed by atoms with Crippen LogP contribution in [0.5, 0.6) is 0 Å². The fourth-order valence-electron chi connectivity index (χ4n) is 3.32. The fourth-order valence-corrected chi connectivity index (χ4v) is 3.96. The Hall–Kier alpha value is -1.20. The van der Waals surface area contributed by atoms with E-state index in [0.29, 0.717) is 6.42 Å². The fraction of sp³-hybridized carbons (Fsp3) is 0.647. The van der Waals surface area contributed by atoms with Crippen molar-refractivity contribution in [1.82, 2.24) is 9.88 Å². The standard InChI is InChI=1S/C17H24N2O2S/c1-13-5-10-21-17(11-13)6-8-19(9-7-17)16(20)4-3-15-12-22-14(2)18-15/h11-12H,3-10H2,1-2H3. The lowest BCUT2D eigenvalue weighted by Crippen LogP contribution is -2.48. The van der Waals surface area contributed by atoms with Gasteiger partial charge in [0.1, 0.15) is 0 Å². The zero-order valence-corrected chi connectivity index (χ0v) is 14.2. The van der Waals surface area contributed by atoms with E-state index in [4.69, 9.17) is 4.74 Å². The third-order valence-electron chi connectivity index (χ3n) is 4.62. The first-order valence-corrected chi connectivity index (χ1v) is 8.95. The quantitative estimate of drug-likeness (QED) is 0.804. The average Bonchev–Trinajstić information content (AvgIpc) is 2.91. The van der Waals surface area contributed by atoms with Crippen molar-refractivity contribution in [2.24, 2.45) is 0 Å². The van der Waals surface area contributed by atoms with Gasteiger partial charge in [0, 0.05) is 24.9 Å². The molecule has 1 saturated heterocycles. The van der Waals surface area contributed by atoms with Gasteiger partial charge in [-0.25, -0.2) is 4.98 Å². The zero-order chi connectivity index (χ0) is 15.6. The minimum Gasteiger partial charge on any atom is -0.370 e. The summed E-state index contributed by atoms with van der Waals surface area (Å²) in [5, 5.41) is 3.12. The lowest BCUT2D eigenvalue weighted by molar-refractivity contribution is -0.136. The number of aromatic nitrogens is 1. The number of carbonyl (C=O) groups excluding carboxylic acids is 1. The molecule has 4 nitrogen and oxygen atoms in total. The summed E-state index contributed by atoms with van der Waals surface area (Å²) < 4.78 is 6.01. The first kappa shape index (κ1) is 15.7. The Labute approximate surface area is 136 Å². The van der Waals surface area contributed by atoms with Crippen LogP contribution in [0.25, 0.3) is 0 Å². The van der Waals surface area contributed by atoms with E-state index in [1.165, 1.54) is 5.57 Å². The Kier molecular flexibility index (Phi) is 4.64. The summed E-state index contributed by atoms with van der Waals surface area (Å²) in [6, 6.07) is 0. The number of ether oxygens (including phenoxy) is 1. The largest absolute Gasteiger partial charge is 0.370 e. The third-order valence-corrected chi connectivity index (χ3v) is 5.44. The van der Waals surface area contributed by atoms with Gasteiger partial charge < -0.3 is 9.64 Å². The SMILES string of the molecule is CC1=CC2(CCN(C(=O)CCc3csc(C)n3)CC2)OCC1. The van der Waals surface area contributed by atoms with Crippen LogP contribution in [0.4, 0.5) is 0 Å². The molecule has 0 saturated carbocycles. The van der Waals surface area contributed by atoms with Crippen LogP contribution in [0.2, 0.25) is 0 Å². The number of likely N-dealkylation sites (tertiary alicyclic amines) is 1. The van der Waals surface area contributed by atoms with Crippen LogP contribution >= 0.6 is 11.3 Å². The minimum atomic E-state index is -0.106. The highest BCUT2D eigenvalue weighted by Crippen LogP contribution is 2.33. The van der Waals surface area contributed by atoms with Crippen molar-refractivity contribution in [2.45, 2.75) is 51.6 Å². The van der Waals surface area contributed by atoms with Crippen LogP contribution in [0, 0.1) is 6.92 Å². The van der Waals surface area contributed by atoms with E-state index in [2.05, 4.69) is 23.4 Å². The highest BCUT2D eigenvalue weighted by atomic mass is 32.1. The van der Waals surface area contributed by atoms with Gasteiger partial charge in [0.05, 0.1) is 22.9 Å². The van der Waals surface area contributed by atoms with E-state index >= 15 is 0 Å². The van der Waals surface area contributed by atoms with Gasteiger partial charge >= 0.3 is 0 Å². The van der Waals surface area contributed by atoms with Crippen molar-refractivity contribution in [3.8, 4) is 0 Å². The molecule has 1 spiro atoms. The van der Waals surface area contributed by atoms with E-state index in [0.717, 1.165) is 56.1 Å². The predicted molar refractivity (Wildman–Crippen MR) is 88.0 cm³/mol. The van der Waals surface area contributed by atoms with Gasteiger partial charge in [-0.3, -0.25) is 4.79 Å². The van der Waals surface area contributed by atoms with Crippen LogP contribution in [-0.4, -0.2) is 41.1 Å². The van der Waals surface area contributed by atoms with Gasteiger partial charge in [0.2, 0.25) is 5.91 Å². The van der Waals surface area contributed by atoms with Crippen molar-refractivity contribution in [3.63, 3.8) is 0 Å². The smallest absolute Gasteiger partial charge is 0.222 e. The van der Waals surface area contributed by atoms with Crippen molar-refractivity contribution >= 4 is 17.2 Å². The number of piperidine rings is 1. The van der Waals surface area contributed by atoms with Gasteiger partial charge in [0.25, 0.3) is 0 Å². The number of hydrogen-bond acceptors (Lipinski definition) is 4. The van der Waals surface area contributed by atoms with Crippen molar-refractivity contribution < 1.29 is 9.53 Å². The van der Waals surface area contributed by atoms with Crippen molar-refractivity contribution in [1.29, 1.82) is 0 Å². The lowest BCUT2D eigenvalue weighted by Gasteiger charge is -2.42. The van der Waals surface area contributed by atoms with Crippen LogP contribution < -0.4 is 0 Å². The molecule has 1 amide bonds. The Morgan fingerprint density at radius 1 is 1.41 bits per heavy atom. The molecule has 3 heterocycles. The van der Waals surface area contributed by atoms with E-state index in [1.807, 2.05) is 11.8 Å². The zero-order valence-electron chi connectivity index (χ0n) is 13.4. The number of aryl methyl sites for hydroxylation is 2. The summed E-state index contributed by atoms with van der Waals surface area (Å²) in [6.45, 7) is 6.61. The lowest BCUT2D eigenvalue weighted by atomic mass is 9.87. The maximum Gasteiger partial charge on any atom is 0.222 e. The summed E-state index contributed by atoms with van der Waals surface area (Å²) in [6.07, 6.45) is 6.48. The molecule has 1 aromatic heterocycles. The number of amides is 1. The number of hydrogen-bond donors (Lipinski definition) is 0. The van der Waals surface area contributed by atoms with Crippen molar-refractivity contribution in [2.75, 3.05) is 19.7 Å². The first-order valence-electron chi connectivity index (χ1n) is 8.07. The second kappa shape index (κ2) is 6.50. The molecule has 0 bridgehead atoms. The Morgan fingerprint density at radius 2 is 2.18 bits per heavy atom. The van der Waals surface area contributed by atoms with Gasteiger partial charge in [-0.1, -0.05) is 11.6 Å². The topological polar surface area (TPSA) is 42.4 Å². The monoisotopic (exact) mass is 320 g/mol. The third kappa shape index (κ3) is 3.58. The molecule has 0 aliphatic carbocycles. The van der Waals surface area contributed by atoms with E-state index in [1.54, 1.807) is 11.3 Å². The molecule has 1 aromatic rings. The normalized spacial score (nSPS) is 21.0. The van der Waals surface area contributed by atoms with Crippen LogP contribution in [0.3, 0.4) is 0 Å². The van der Waals surface area contributed by atoms with Crippen LogP contribution in [0.1, 0.15) is 43.3 Å². The number of rotatable bonds is 3. The van der Waals surface area contributed by atoms with Crippen molar-refractivity contribution in [3.05, 3.63) is 27.7 Å². The molecule has 0 N–H and O–H groups in total. The maximum atomic E-state index is 12.4. The maximum absolute atomic E-state index is 12.4. The molecule has 5 heteroatoms. The molecule has 0 radical (unpaired) electrons. The summed E-state index contributed by atoms with van der Waals surface area (Å²) in [7, 11) is 0. The van der Waals surface area contributed by atoms with Crippen LogP contribution in [-0.2, 0) is 16.0 Å². The Bertz CT molecular complexity index is 571. The second-order valence-electron chi connectivity index (χ2n) is 6.39. The molecule has 120 valence electrons. The predicted octanol–water partition coefficient (Wildman–Crippen LogP) is 3.11. The molecule has 2 aliphatic heterocycles. The van der Waals surface area contributed by atoms with Gasteiger partial charge in [-0.15, -0.1) is 11.3 Å². The van der Waals surface area contributed by atoms with E-state index < -0.39 is 0 Å². The first-order chi connectivity index (χ1) is 10.6. The minimum absolute atomic E-state index is 0.106. The van der Waals surface area contributed by atoms with Gasteiger partial charge in [0.15, 0.2) is 0 Å². The molecule has 0 aromatic carbocycles. The van der Waals surface area contributed by atoms with Crippen LogP contribution in [0.15, 0.2) is 17.0 Å². The Morgan fingerprint density at radius 3 is 2.82 bits per heavy atom. The highest BCUT2D eigenvalue weighted by molar-refractivity contribution is 7.09. The summed E-state index contributed by atoms with van der Waals surface area (Å²) >= 11 is 1.65. The average molecular weight is 320 g/mol. The number of nitrogens with zero attached hydrogens (tertiary/aromatic N) is 2. The molecule has 2 aliphatic rings. The number of carbonyl (C=O) groups is 1. The molecule has 0 atom stereocenters. The van der Waals surface area contributed by atoms with E-state index in [-0.39, 0.29) is 11.5 Å². The molecular formula is C17H24N2O2S. The molecule has 1 fully saturated rings. The van der Waals surface area contributed by atoms with Gasteiger partial charge in [-0.05, 0) is 39.5 Å². The molecule has 0 unspecified atom stereocenters. The molecule has 22 heavy (non-hydrogen) atoms.